The average Bonchev–Trinajstić information content (AvgIpc) is 3.35. The van der Waals surface area contributed by atoms with Crippen LogP contribution in [0.5, 0.6) is 0 Å². The minimum atomic E-state index is -2.84. The monoisotopic (exact) mass is 336 g/mol. The Kier molecular flexibility index (Phi) is 4.01. The first-order valence-corrected chi connectivity index (χ1v) is 10.4. The number of sulfone groups is 1. The van der Waals surface area contributed by atoms with E-state index < -0.39 is 9.84 Å². The van der Waals surface area contributed by atoms with Gasteiger partial charge in [-0.05, 0) is 31.7 Å². The fourth-order valence-electron chi connectivity index (χ4n) is 3.59. The van der Waals surface area contributed by atoms with Gasteiger partial charge in [0.1, 0.15) is 11.6 Å². The molecule has 1 saturated carbocycles. The van der Waals surface area contributed by atoms with Crippen LogP contribution in [0.15, 0.2) is 12.3 Å². The van der Waals surface area contributed by atoms with Gasteiger partial charge in [0.15, 0.2) is 9.84 Å². The molecule has 3 aliphatic rings. The lowest BCUT2D eigenvalue weighted by Crippen LogP contribution is -2.49. The Hall–Kier alpha value is -1.21. The summed E-state index contributed by atoms with van der Waals surface area (Å²) >= 11 is 0. The number of rotatable bonds is 4. The maximum absolute atomic E-state index is 12.0. The highest BCUT2D eigenvalue weighted by atomic mass is 32.2. The van der Waals surface area contributed by atoms with Crippen LogP contribution in [0, 0.1) is 0 Å². The Morgan fingerprint density at radius 2 is 1.91 bits per heavy atom. The highest BCUT2D eigenvalue weighted by Crippen LogP contribution is 2.38. The molecule has 6 nitrogen and oxygen atoms in total. The van der Waals surface area contributed by atoms with Crippen LogP contribution in [-0.4, -0.2) is 67.0 Å². The Morgan fingerprint density at radius 1 is 1.13 bits per heavy atom. The van der Waals surface area contributed by atoms with E-state index in [9.17, 15) is 8.42 Å². The van der Waals surface area contributed by atoms with Gasteiger partial charge in [-0.2, -0.15) is 0 Å². The minimum absolute atomic E-state index is 0.144. The molecule has 2 aliphatic heterocycles. The van der Waals surface area contributed by atoms with Crippen molar-refractivity contribution in [1.82, 2.24) is 14.9 Å². The minimum Gasteiger partial charge on any atom is -0.354 e. The number of aromatic nitrogens is 2. The molecule has 0 unspecified atom stereocenters. The average molecular weight is 336 g/mol. The molecule has 1 aliphatic carbocycles. The smallest absolute Gasteiger partial charge is 0.154 e. The Balaban J connectivity index is 1.35. The Bertz CT molecular complexity index is 666. The molecule has 2 saturated heterocycles. The Morgan fingerprint density at radius 3 is 2.57 bits per heavy atom. The van der Waals surface area contributed by atoms with E-state index in [4.69, 9.17) is 4.98 Å². The maximum Gasteiger partial charge on any atom is 0.154 e. The van der Waals surface area contributed by atoms with Crippen LogP contribution in [-0.2, 0) is 9.84 Å². The third kappa shape index (κ3) is 3.35. The lowest BCUT2D eigenvalue weighted by atomic mass is 10.2. The highest BCUT2D eigenvalue weighted by Gasteiger charge is 2.33. The summed E-state index contributed by atoms with van der Waals surface area (Å²) in [6, 6.07) is 1.99. The molecule has 3 heterocycles. The summed E-state index contributed by atoms with van der Waals surface area (Å²) < 4.78 is 23.9. The van der Waals surface area contributed by atoms with Crippen LogP contribution < -0.4 is 4.90 Å². The summed E-state index contributed by atoms with van der Waals surface area (Å²) in [6.45, 7) is 4.35. The van der Waals surface area contributed by atoms with Crippen LogP contribution in [0.1, 0.15) is 37.4 Å². The van der Waals surface area contributed by atoms with Crippen molar-refractivity contribution in [2.24, 2.45) is 0 Å². The molecular formula is C16H24N4O2S. The van der Waals surface area contributed by atoms with Gasteiger partial charge in [0.25, 0.3) is 0 Å². The van der Waals surface area contributed by atoms with Gasteiger partial charge in [0.05, 0.1) is 11.0 Å². The number of hydrogen-bond acceptors (Lipinski definition) is 6. The zero-order valence-electron chi connectivity index (χ0n) is 13.4. The van der Waals surface area contributed by atoms with Crippen LogP contribution in [0.3, 0.4) is 0 Å². The van der Waals surface area contributed by atoms with E-state index >= 15 is 0 Å². The van der Waals surface area contributed by atoms with Crippen molar-refractivity contribution in [3.63, 3.8) is 0 Å². The highest BCUT2D eigenvalue weighted by molar-refractivity contribution is 7.92. The van der Waals surface area contributed by atoms with Gasteiger partial charge in [0, 0.05) is 44.8 Å². The van der Waals surface area contributed by atoms with Crippen molar-refractivity contribution in [3.05, 3.63) is 18.1 Å². The summed E-state index contributed by atoms with van der Waals surface area (Å²) in [6.07, 6.45) is 5.96. The van der Waals surface area contributed by atoms with Gasteiger partial charge in [-0.25, -0.2) is 18.4 Å². The van der Waals surface area contributed by atoms with Crippen molar-refractivity contribution in [2.75, 3.05) is 43.4 Å². The van der Waals surface area contributed by atoms with E-state index in [0.717, 1.165) is 50.7 Å². The molecule has 7 heteroatoms. The molecule has 126 valence electrons. The second-order valence-corrected chi connectivity index (χ2v) is 9.37. The van der Waals surface area contributed by atoms with E-state index in [1.54, 1.807) is 0 Å². The van der Waals surface area contributed by atoms with Crippen LogP contribution in [0.4, 0.5) is 5.82 Å². The number of hydrogen-bond donors (Lipinski definition) is 0. The number of anilines is 1. The fraction of sp³-hybridized carbons (Fsp3) is 0.750. The zero-order valence-corrected chi connectivity index (χ0v) is 14.2. The fourth-order valence-corrected chi connectivity index (χ4v) is 5.46. The van der Waals surface area contributed by atoms with Gasteiger partial charge in [0.2, 0.25) is 0 Å². The summed E-state index contributed by atoms with van der Waals surface area (Å²) in [5.41, 5.74) is 0. The second-order valence-electron chi connectivity index (χ2n) is 6.97. The predicted molar refractivity (Wildman–Crippen MR) is 89.5 cm³/mol. The standard InChI is InChI=1S/C16H24N4O2S/c21-23(22)11-1-2-14(23)12-19-7-9-20(10-8-19)15-5-6-17-16(18-15)13-3-4-13/h5-6,13-14H,1-4,7-12H2/t14-/m1/s1. The topological polar surface area (TPSA) is 66.4 Å². The normalized spacial score (nSPS) is 28.2. The van der Waals surface area contributed by atoms with Gasteiger partial charge in [-0.3, -0.25) is 4.90 Å². The van der Waals surface area contributed by atoms with Gasteiger partial charge in [-0.1, -0.05) is 0 Å². The summed E-state index contributed by atoms with van der Waals surface area (Å²) in [5, 5.41) is -0.144. The van der Waals surface area contributed by atoms with Crippen LogP contribution in [0.2, 0.25) is 0 Å². The molecule has 0 N–H and O–H groups in total. The molecule has 1 atom stereocenters. The molecule has 4 rings (SSSR count). The van der Waals surface area contributed by atoms with E-state index in [-0.39, 0.29) is 5.25 Å². The lowest BCUT2D eigenvalue weighted by Gasteiger charge is -2.36. The van der Waals surface area contributed by atoms with E-state index in [0.29, 0.717) is 18.2 Å². The summed E-state index contributed by atoms with van der Waals surface area (Å²) in [7, 11) is -2.84. The third-order valence-electron chi connectivity index (χ3n) is 5.22. The molecule has 0 spiro atoms. The Labute approximate surface area is 137 Å². The first-order valence-electron chi connectivity index (χ1n) is 8.64. The molecule has 0 radical (unpaired) electrons. The molecule has 0 amide bonds. The van der Waals surface area contributed by atoms with Crippen LogP contribution in [0.25, 0.3) is 0 Å². The van der Waals surface area contributed by atoms with E-state index in [1.165, 1.54) is 12.8 Å². The predicted octanol–water partition coefficient (Wildman–Crippen LogP) is 1.05. The van der Waals surface area contributed by atoms with Gasteiger partial charge >= 0.3 is 0 Å². The third-order valence-corrected chi connectivity index (χ3v) is 7.48. The van der Waals surface area contributed by atoms with Crippen molar-refractivity contribution in [1.29, 1.82) is 0 Å². The van der Waals surface area contributed by atoms with Crippen molar-refractivity contribution < 1.29 is 8.42 Å². The lowest BCUT2D eigenvalue weighted by molar-refractivity contribution is 0.255. The molecule has 1 aromatic heterocycles. The second kappa shape index (κ2) is 6.02. The van der Waals surface area contributed by atoms with Crippen molar-refractivity contribution in [3.8, 4) is 0 Å². The summed E-state index contributed by atoms with van der Waals surface area (Å²) in [5.74, 6) is 2.96. The molecule has 1 aromatic rings. The quantitative estimate of drug-likeness (QED) is 0.819. The maximum atomic E-state index is 12.0. The number of nitrogens with zero attached hydrogens (tertiary/aromatic N) is 4. The summed E-state index contributed by atoms with van der Waals surface area (Å²) in [4.78, 5) is 13.7. The molecule has 3 fully saturated rings. The van der Waals surface area contributed by atoms with E-state index in [2.05, 4.69) is 14.8 Å². The van der Waals surface area contributed by atoms with Crippen molar-refractivity contribution in [2.45, 2.75) is 36.9 Å². The van der Waals surface area contributed by atoms with E-state index in [1.807, 2.05) is 12.3 Å². The van der Waals surface area contributed by atoms with Gasteiger partial charge < -0.3 is 4.90 Å². The largest absolute Gasteiger partial charge is 0.354 e. The van der Waals surface area contributed by atoms with Crippen LogP contribution >= 0.6 is 0 Å². The van der Waals surface area contributed by atoms with Gasteiger partial charge in [-0.15, -0.1) is 0 Å². The first kappa shape index (κ1) is 15.3. The SMILES string of the molecule is O=S1(=O)CCC[C@@H]1CN1CCN(c2ccnc(C3CC3)n2)CC1. The molecule has 0 bridgehead atoms. The molecule has 23 heavy (non-hydrogen) atoms. The number of piperazine rings is 1. The molecular weight excluding hydrogens is 312 g/mol. The first-order chi connectivity index (χ1) is 11.1. The van der Waals surface area contributed by atoms with Crippen molar-refractivity contribution >= 4 is 15.7 Å². The molecule has 0 aromatic carbocycles. The zero-order chi connectivity index (χ0) is 15.9.